The minimum Gasteiger partial charge on any atom is -0.461 e. The second-order valence-corrected chi connectivity index (χ2v) is 6.50. The Kier molecular flexibility index (Phi) is 4.85. The number of hydrogen-bond donors (Lipinski definition) is 2. The Morgan fingerprint density at radius 3 is 2.82 bits per heavy atom. The number of aryl methyl sites for hydroxylation is 1. The van der Waals surface area contributed by atoms with E-state index >= 15 is 0 Å². The van der Waals surface area contributed by atoms with Crippen molar-refractivity contribution in [3.05, 3.63) is 17.7 Å². The van der Waals surface area contributed by atoms with Crippen molar-refractivity contribution in [2.45, 2.75) is 24.0 Å². The van der Waals surface area contributed by atoms with Gasteiger partial charge in [-0.2, -0.15) is 0 Å². The molecule has 2 atom stereocenters. The molecule has 1 fully saturated rings. The zero-order valence-corrected chi connectivity index (χ0v) is 12.9. The first-order valence-corrected chi connectivity index (χ1v) is 8.06. The number of rotatable bonds is 5. The molecule has 10 heteroatoms. The van der Waals surface area contributed by atoms with E-state index in [1.54, 1.807) is 6.92 Å². The van der Waals surface area contributed by atoms with Gasteiger partial charge in [-0.25, -0.2) is 22.3 Å². The van der Waals surface area contributed by atoms with E-state index in [4.69, 9.17) is 9.47 Å². The molecule has 8 nitrogen and oxygen atoms in total. The minimum absolute atomic E-state index is 0.00145. The average molecular weight is 336 g/mol. The van der Waals surface area contributed by atoms with E-state index in [1.165, 1.54) is 7.05 Å². The van der Waals surface area contributed by atoms with Gasteiger partial charge in [0.1, 0.15) is 4.90 Å². The fraction of sp³-hybridized carbons (Fsp3) is 0.583. The molecule has 2 N–H and O–H groups in total. The molecular formula is C12H17FN2O6S. The van der Waals surface area contributed by atoms with Crippen LogP contribution >= 0.6 is 0 Å². The second kappa shape index (κ2) is 6.32. The average Bonchev–Trinajstić information content (AvgIpc) is 2.94. The van der Waals surface area contributed by atoms with E-state index in [1.807, 2.05) is 0 Å². The maximum atomic E-state index is 14.3. The fourth-order valence-corrected chi connectivity index (χ4v) is 3.49. The van der Waals surface area contributed by atoms with Crippen molar-refractivity contribution in [1.82, 2.24) is 9.29 Å². The van der Waals surface area contributed by atoms with Gasteiger partial charge in [0.2, 0.25) is 10.0 Å². The molecule has 1 aliphatic heterocycles. The summed E-state index contributed by atoms with van der Waals surface area (Å²) in [6.07, 6.45) is -0.0300. The molecule has 0 aliphatic carbocycles. The second-order valence-electron chi connectivity index (χ2n) is 4.82. The molecule has 0 bridgehead atoms. The summed E-state index contributed by atoms with van der Waals surface area (Å²) in [7, 11) is -2.92. The third kappa shape index (κ3) is 3.14. The number of nitrogens with one attached hydrogen (secondary N) is 1. The largest absolute Gasteiger partial charge is 0.461 e. The van der Waals surface area contributed by atoms with Crippen LogP contribution in [-0.2, 0) is 26.5 Å². The van der Waals surface area contributed by atoms with Crippen molar-refractivity contribution < 1.29 is 32.2 Å². The highest BCUT2D eigenvalue weighted by Gasteiger charge is 2.34. The minimum atomic E-state index is -4.25. The quantitative estimate of drug-likeness (QED) is 0.694. The Morgan fingerprint density at radius 1 is 1.59 bits per heavy atom. The first kappa shape index (κ1) is 16.9. The van der Waals surface area contributed by atoms with Crippen LogP contribution in [0.4, 0.5) is 4.39 Å². The van der Waals surface area contributed by atoms with E-state index in [-0.39, 0.29) is 19.8 Å². The summed E-state index contributed by atoms with van der Waals surface area (Å²) in [6.45, 7) is 1.58. The van der Waals surface area contributed by atoms with E-state index in [0.717, 1.165) is 10.8 Å². The summed E-state index contributed by atoms with van der Waals surface area (Å²) < 4.78 is 51.6. The van der Waals surface area contributed by atoms with E-state index in [0.29, 0.717) is 0 Å². The highest BCUT2D eigenvalue weighted by Crippen LogP contribution is 2.22. The van der Waals surface area contributed by atoms with E-state index in [2.05, 4.69) is 4.72 Å². The SMILES string of the molecule is CCOC(=O)c1c(F)c(S(=O)(=O)NC2COCC2O)cn1C. The Balaban J connectivity index is 2.32. The van der Waals surface area contributed by atoms with Gasteiger partial charge in [-0.1, -0.05) is 0 Å². The predicted octanol–water partition coefficient (Wildman–Crippen LogP) is -0.621. The van der Waals surface area contributed by atoms with Crippen LogP contribution in [0.25, 0.3) is 0 Å². The van der Waals surface area contributed by atoms with Gasteiger partial charge in [0.15, 0.2) is 11.5 Å². The molecule has 124 valence electrons. The van der Waals surface area contributed by atoms with Gasteiger partial charge in [-0.15, -0.1) is 0 Å². The van der Waals surface area contributed by atoms with E-state index < -0.39 is 44.5 Å². The molecule has 0 spiro atoms. The fourth-order valence-electron chi connectivity index (χ4n) is 2.11. The van der Waals surface area contributed by atoms with Gasteiger partial charge in [-0.3, -0.25) is 0 Å². The van der Waals surface area contributed by atoms with Crippen LogP contribution in [0.3, 0.4) is 0 Å². The van der Waals surface area contributed by atoms with E-state index in [9.17, 15) is 22.7 Å². The van der Waals surface area contributed by atoms with Crippen molar-refractivity contribution in [3.8, 4) is 0 Å². The maximum absolute atomic E-state index is 14.3. The molecule has 0 saturated carbocycles. The van der Waals surface area contributed by atoms with Gasteiger partial charge in [0, 0.05) is 13.2 Å². The summed E-state index contributed by atoms with van der Waals surface area (Å²) >= 11 is 0. The number of hydrogen-bond acceptors (Lipinski definition) is 6. The third-order valence-corrected chi connectivity index (χ3v) is 4.68. The monoisotopic (exact) mass is 336 g/mol. The number of sulfonamides is 1. The number of carbonyl (C=O) groups excluding carboxylic acids is 1. The highest BCUT2D eigenvalue weighted by molar-refractivity contribution is 7.89. The molecule has 0 amide bonds. The molecule has 22 heavy (non-hydrogen) atoms. The number of esters is 1. The number of halogens is 1. The molecule has 2 heterocycles. The van der Waals surface area contributed by atoms with Crippen LogP contribution in [0, 0.1) is 5.82 Å². The topological polar surface area (TPSA) is 107 Å². The maximum Gasteiger partial charge on any atom is 0.358 e. The van der Waals surface area contributed by atoms with Crippen LogP contribution in [0.1, 0.15) is 17.4 Å². The van der Waals surface area contributed by atoms with Gasteiger partial charge in [0.25, 0.3) is 0 Å². The Bertz CT molecular complexity index is 671. The molecular weight excluding hydrogens is 319 g/mol. The van der Waals surface area contributed by atoms with Crippen LogP contribution in [0.2, 0.25) is 0 Å². The highest BCUT2D eigenvalue weighted by atomic mass is 32.2. The molecule has 1 saturated heterocycles. The molecule has 0 radical (unpaired) electrons. The van der Waals surface area contributed by atoms with Crippen LogP contribution in [-0.4, -0.2) is 56.0 Å². The lowest BCUT2D eigenvalue weighted by atomic mass is 10.2. The van der Waals surface area contributed by atoms with Gasteiger partial charge in [0.05, 0.1) is 32.0 Å². The first-order valence-electron chi connectivity index (χ1n) is 6.58. The molecule has 1 aliphatic rings. The normalized spacial score (nSPS) is 22.0. The predicted molar refractivity (Wildman–Crippen MR) is 72.3 cm³/mol. The molecule has 2 rings (SSSR count). The Labute approximate surface area is 126 Å². The van der Waals surface area contributed by atoms with Crippen molar-refractivity contribution in [2.24, 2.45) is 7.05 Å². The number of aliphatic hydroxyl groups is 1. The number of nitrogens with zero attached hydrogens (tertiary/aromatic N) is 1. The molecule has 1 aromatic rings. The Hall–Kier alpha value is -1.49. The zero-order valence-electron chi connectivity index (χ0n) is 12.1. The zero-order chi connectivity index (χ0) is 16.5. The van der Waals surface area contributed by atoms with Gasteiger partial charge < -0.3 is 19.1 Å². The summed E-state index contributed by atoms with van der Waals surface area (Å²) in [5.41, 5.74) is -0.481. The number of carbonyl (C=O) groups is 1. The first-order chi connectivity index (χ1) is 10.3. The summed E-state index contributed by atoms with van der Waals surface area (Å²) in [5.74, 6) is -2.14. The van der Waals surface area contributed by atoms with Crippen molar-refractivity contribution in [2.75, 3.05) is 19.8 Å². The van der Waals surface area contributed by atoms with Crippen LogP contribution < -0.4 is 4.72 Å². The van der Waals surface area contributed by atoms with Crippen molar-refractivity contribution in [3.63, 3.8) is 0 Å². The molecule has 0 aromatic carbocycles. The number of aromatic nitrogens is 1. The lowest BCUT2D eigenvalue weighted by Crippen LogP contribution is -2.42. The third-order valence-electron chi connectivity index (χ3n) is 3.20. The summed E-state index contributed by atoms with van der Waals surface area (Å²) in [5, 5.41) is 9.56. The van der Waals surface area contributed by atoms with Crippen LogP contribution in [0.15, 0.2) is 11.1 Å². The Morgan fingerprint density at radius 2 is 2.27 bits per heavy atom. The van der Waals surface area contributed by atoms with Crippen molar-refractivity contribution >= 4 is 16.0 Å². The standard InChI is InChI=1S/C12H17FN2O6S/c1-3-21-12(17)11-10(13)9(4-15(11)2)22(18,19)14-7-5-20-6-8(7)16/h4,7-8,14,16H,3,5-6H2,1-2H3. The number of aliphatic hydroxyl groups excluding tert-OH is 1. The lowest BCUT2D eigenvalue weighted by Gasteiger charge is -2.14. The molecule has 1 aromatic heterocycles. The number of ether oxygens (including phenoxy) is 2. The van der Waals surface area contributed by atoms with Gasteiger partial charge in [-0.05, 0) is 6.92 Å². The smallest absolute Gasteiger partial charge is 0.358 e. The van der Waals surface area contributed by atoms with Gasteiger partial charge >= 0.3 is 5.97 Å². The summed E-state index contributed by atoms with van der Waals surface area (Å²) in [6, 6.07) is -0.865. The molecule has 2 unspecified atom stereocenters. The lowest BCUT2D eigenvalue weighted by molar-refractivity contribution is 0.0509. The van der Waals surface area contributed by atoms with Crippen LogP contribution in [0.5, 0.6) is 0 Å². The van der Waals surface area contributed by atoms with Crippen molar-refractivity contribution in [1.29, 1.82) is 0 Å². The summed E-state index contributed by atoms with van der Waals surface area (Å²) in [4.78, 5) is 11.0.